The predicted octanol–water partition coefficient (Wildman–Crippen LogP) is 2.86. The highest BCUT2D eigenvalue weighted by Gasteiger charge is 2.65. The van der Waals surface area contributed by atoms with Gasteiger partial charge in [-0.05, 0) is 61.5 Å². The smallest absolute Gasteiger partial charge is 0.331 e. The van der Waals surface area contributed by atoms with Gasteiger partial charge in [0.15, 0.2) is 12.6 Å². The number of aliphatic hydroxyl groups excluding tert-OH is 4. The van der Waals surface area contributed by atoms with E-state index in [0.29, 0.717) is 25.9 Å². The molecule has 4 aliphatic rings. The van der Waals surface area contributed by atoms with E-state index < -0.39 is 72.2 Å². The molecular weight excluding hydrogens is 608 g/mol. The summed E-state index contributed by atoms with van der Waals surface area (Å²) in [5, 5.41) is 41.5. The van der Waals surface area contributed by atoms with E-state index in [0.717, 1.165) is 31.1 Å². The van der Waals surface area contributed by atoms with Gasteiger partial charge in [0.2, 0.25) is 0 Å². The zero-order chi connectivity index (χ0) is 33.9. The van der Waals surface area contributed by atoms with E-state index in [1.54, 1.807) is 13.2 Å². The summed E-state index contributed by atoms with van der Waals surface area (Å²) in [5.41, 5.74) is -0.392. The van der Waals surface area contributed by atoms with Gasteiger partial charge >= 0.3 is 5.97 Å². The fourth-order valence-corrected chi connectivity index (χ4v) is 9.03. The molecule has 2 aliphatic carbocycles. The maximum Gasteiger partial charge on any atom is 0.331 e. The Hall–Kier alpha value is -2.22. The minimum atomic E-state index is -1.60. The number of hydrogen-bond donors (Lipinski definition) is 4. The molecule has 4 fully saturated rings. The number of aliphatic hydroxyl groups is 4. The van der Waals surface area contributed by atoms with Crippen LogP contribution in [-0.2, 0) is 33.3 Å². The molecule has 5 rings (SSSR count). The van der Waals surface area contributed by atoms with Crippen LogP contribution in [0.3, 0.4) is 0 Å². The quantitative estimate of drug-likeness (QED) is 0.157. The highest BCUT2D eigenvalue weighted by Crippen LogP contribution is 2.64. The number of fused-ring (bicyclic) bond motifs is 1. The first kappa shape index (κ1) is 36.1. The Morgan fingerprint density at radius 1 is 1.04 bits per heavy atom. The predicted molar refractivity (Wildman–Crippen MR) is 170 cm³/mol. The van der Waals surface area contributed by atoms with Crippen LogP contribution in [0, 0.1) is 34.5 Å². The van der Waals surface area contributed by atoms with Gasteiger partial charge in [-0.15, -0.1) is 0 Å². The van der Waals surface area contributed by atoms with Gasteiger partial charge in [-0.3, -0.25) is 0 Å². The molecule has 2 saturated heterocycles. The summed E-state index contributed by atoms with van der Waals surface area (Å²) in [4.78, 5) is 26.2. The first-order valence-corrected chi connectivity index (χ1v) is 17.0. The van der Waals surface area contributed by atoms with Gasteiger partial charge < -0.3 is 48.9 Å². The van der Waals surface area contributed by atoms with Crippen molar-refractivity contribution >= 4 is 18.3 Å². The fourth-order valence-electron chi connectivity index (χ4n) is 9.03. The molecule has 0 unspecified atom stereocenters. The molecule has 0 spiro atoms. The summed E-state index contributed by atoms with van der Waals surface area (Å²) >= 11 is 0. The molecule has 262 valence electrons. The second-order valence-corrected chi connectivity index (χ2v) is 14.4. The van der Waals surface area contributed by atoms with Gasteiger partial charge in [0, 0.05) is 36.4 Å². The number of benzene rings is 1. The third-order valence-electron chi connectivity index (χ3n) is 11.9. The van der Waals surface area contributed by atoms with Crippen LogP contribution < -0.4 is 0 Å². The zero-order valence-corrected chi connectivity index (χ0v) is 27.9. The number of carbonyl (C=O) groups excluding carboxylic acids is 2. The van der Waals surface area contributed by atoms with Crippen molar-refractivity contribution in [1.82, 2.24) is 0 Å². The number of aldehydes is 1. The number of esters is 1. The monoisotopic (exact) mass is 660 g/mol. The van der Waals surface area contributed by atoms with Crippen molar-refractivity contribution in [2.24, 2.45) is 34.5 Å². The lowest BCUT2D eigenvalue weighted by atomic mass is 9.43. The summed E-state index contributed by atoms with van der Waals surface area (Å²) in [6.45, 7) is 6.42. The van der Waals surface area contributed by atoms with Crippen molar-refractivity contribution in [3.63, 3.8) is 0 Å². The van der Waals surface area contributed by atoms with Crippen molar-refractivity contribution in [2.45, 2.75) is 108 Å². The normalized spacial score (nSPS) is 43.8. The molecule has 4 N–H and O–H groups in total. The van der Waals surface area contributed by atoms with Crippen molar-refractivity contribution in [1.29, 1.82) is 0 Å². The highest BCUT2D eigenvalue weighted by atomic mass is 16.7. The van der Waals surface area contributed by atoms with Crippen LogP contribution >= 0.6 is 0 Å². The minimum Gasteiger partial charge on any atom is -0.459 e. The van der Waals surface area contributed by atoms with E-state index in [2.05, 4.69) is 13.8 Å². The van der Waals surface area contributed by atoms with Crippen LogP contribution in [0.1, 0.15) is 64.9 Å². The molecule has 0 bridgehead atoms. The Kier molecular flexibility index (Phi) is 11.6. The average molecular weight is 661 g/mol. The van der Waals surface area contributed by atoms with Gasteiger partial charge in [-0.1, -0.05) is 51.1 Å². The van der Waals surface area contributed by atoms with Crippen molar-refractivity contribution in [3.8, 4) is 0 Å². The summed E-state index contributed by atoms with van der Waals surface area (Å²) in [6.07, 6.45) is -0.570. The third kappa shape index (κ3) is 7.10. The molecule has 11 nitrogen and oxygen atoms in total. The Morgan fingerprint density at radius 2 is 1.79 bits per heavy atom. The molecule has 47 heavy (non-hydrogen) atoms. The van der Waals surface area contributed by atoms with E-state index in [4.69, 9.17) is 23.7 Å². The zero-order valence-electron chi connectivity index (χ0n) is 27.9. The van der Waals surface area contributed by atoms with Gasteiger partial charge in [0.05, 0.1) is 19.3 Å². The van der Waals surface area contributed by atoms with Gasteiger partial charge in [0.1, 0.15) is 36.8 Å². The Bertz CT molecular complexity index is 1220. The average Bonchev–Trinajstić information content (AvgIpc) is 3.54. The van der Waals surface area contributed by atoms with E-state index in [-0.39, 0.29) is 24.0 Å². The second-order valence-electron chi connectivity index (χ2n) is 14.4. The highest BCUT2D eigenvalue weighted by molar-refractivity contribution is 5.87. The molecular formula is C36H52O11. The van der Waals surface area contributed by atoms with E-state index in [9.17, 15) is 30.0 Å². The van der Waals surface area contributed by atoms with E-state index in [1.165, 1.54) is 6.08 Å². The van der Waals surface area contributed by atoms with Gasteiger partial charge in [-0.2, -0.15) is 0 Å². The molecule has 0 aromatic heterocycles. The number of carbonyl (C=O) groups is 2. The Morgan fingerprint density at radius 3 is 2.47 bits per heavy atom. The first-order chi connectivity index (χ1) is 22.5. The molecule has 14 atom stereocenters. The largest absolute Gasteiger partial charge is 0.459 e. The summed E-state index contributed by atoms with van der Waals surface area (Å²) < 4.78 is 30.0. The van der Waals surface area contributed by atoms with E-state index in [1.807, 2.05) is 37.3 Å². The number of hydrogen-bond acceptors (Lipinski definition) is 11. The topological polar surface area (TPSA) is 161 Å². The molecule has 0 amide bonds. The third-order valence-corrected chi connectivity index (χ3v) is 11.9. The summed E-state index contributed by atoms with van der Waals surface area (Å²) in [5.74, 6) is -1.02. The molecule has 2 heterocycles. The maximum absolute atomic E-state index is 13.4. The van der Waals surface area contributed by atoms with Crippen LogP contribution in [0.5, 0.6) is 0 Å². The number of rotatable bonds is 11. The second kappa shape index (κ2) is 15.1. The standard InChI is InChI=1S/C36H52O11/c1-21-18-27(47-34-31(42)30(41)29(40)26(20-38)46-34)36(3)24(19-37)11-12-25(45-28(39)13-10-22-8-6-5-7-9-22)32(36)35(21,2)16-14-23-15-17-44-33(23)43-4/h5-10,13,19,21,23-27,29-34,38,40-42H,11-12,14-18,20H2,1-4H3/b13-10-/t21-,23+,24+,25-,26-,27+,29-,30+,31-,32-,33+,34+,35+,36-/m1/s1. The Labute approximate surface area is 277 Å². The van der Waals surface area contributed by atoms with Crippen molar-refractivity contribution in [3.05, 3.63) is 42.0 Å². The summed E-state index contributed by atoms with van der Waals surface area (Å²) in [7, 11) is 1.65. The molecule has 2 saturated carbocycles. The minimum absolute atomic E-state index is 0.0187. The van der Waals surface area contributed by atoms with Crippen molar-refractivity contribution in [2.75, 3.05) is 20.3 Å². The lowest BCUT2D eigenvalue weighted by molar-refractivity contribution is -0.337. The number of ether oxygens (including phenoxy) is 5. The van der Waals surface area contributed by atoms with Crippen molar-refractivity contribution < 1.29 is 53.7 Å². The van der Waals surface area contributed by atoms with Crippen LogP contribution in [0.25, 0.3) is 6.08 Å². The Balaban J connectivity index is 1.48. The molecule has 1 aromatic carbocycles. The molecule has 0 radical (unpaired) electrons. The van der Waals surface area contributed by atoms with Gasteiger partial charge in [0.25, 0.3) is 0 Å². The van der Waals surface area contributed by atoms with Crippen LogP contribution in [0.15, 0.2) is 36.4 Å². The SMILES string of the molecule is CO[C@H]1OCC[C@@H]1CC[C@@]1(C)[C@H](C)C[C@H](O[C@@H]2O[C@H](CO)[C@@H](O)[C@H](O)[C@H]2O)[C@@]2(C)[C@H](C=O)CC[C@@H](OC(=O)/C=C\c3ccccc3)[C@H]12. The van der Waals surface area contributed by atoms with Crippen LogP contribution in [0.2, 0.25) is 0 Å². The molecule has 1 aromatic rings. The molecule has 2 aliphatic heterocycles. The fraction of sp³-hybridized carbons (Fsp3) is 0.722. The first-order valence-electron chi connectivity index (χ1n) is 17.0. The van der Waals surface area contributed by atoms with Crippen LogP contribution in [-0.4, -0.2) is 102 Å². The van der Waals surface area contributed by atoms with Gasteiger partial charge in [-0.25, -0.2) is 4.79 Å². The maximum atomic E-state index is 13.4. The summed E-state index contributed by atoms with van der Waals surface area (Å²) in [6, 6.07) is 9.49. The lowest BCUT2D eigenvalue weighted by Gasteiger charge is -2.64. The molecule has 11 heteroatoms. The lowest BCUT2D eigenvalue weighted by Crippen LogP contribution is -2.67. The van der Waals surface area contributed by atoms with Crippen LogP contribution in [0.4, 0.5) is 0 Å². The number of methoxy groups -OCH3 is 1. The van der Waals surface area contributed by atoms with E-state index >= 15 is 0 Å².